The van der Waals surface area contributed by atoms with E-state index < -0.39 is 5.60 Å². The van der Waals surface area contributed by atoms with Gasteiger partial charge in [-0.15, -0.1) is 0 Å². The molecule has 22 heavy (non-hydrogen) atoms. The van der Waals surface area contributed by atoms with Crippen molar-refractivity contribution in [3.63, 3.8) is 0 Å². The molecule has 0 saturated heterocycles. The summed E-state index contributed by atoms with van der Waals surface area (Å²) in [7, 11) is 0. The second-order valence-electron chi connectivity index (χ2n) is 8.41. The van der Waals surface area contributed by atoms with Crippen molar-refractivity contribution < 1.29 is 14.3 Å². The van der Waals surface area contributed by atoms with E-state index in [1.54, 1.807) is 0 Å². The van der Waals surface area contributed by atoms with Crippen LogP contribution in [-0.2, 0) is 14.3 Å². The number of rotatable bonds is 4. The SMILES string of the molecule is CC(C(=O)OC(C)(C)C)C1CCCC2CCC2C(CC=O)C1. The minimum absolute atomic E-state index is 0.0648. The molecule has 5 unspecified atom stereocenters. The highest BCUT2D eigenvalue weighted by Crippen LogP contribution is 2.48. The van der Waals surface area contributed by atoms with Crippen LogP contribution in [0.1, 0.15) is 72.6 Å². The molecule has 0 amide bonds. The number of hydrogen-bond donors (Lipinski definition) is 0. The molecule has 0 heterocycles. The molecular weight excluding hydrogens is 276 g/mol. The zero-order valence-corrected chi connectivity index (χ0v) is 14.6. The Hall–Kier alpha value is -0.860. The Morgan fingerprint density at radius 1 is 1.23 bits per heavy atom. The molecule has 3 heteroatoms. The second kappa shape index (κ2) is 7.14. The maximum absolute atomic E-state index is 12.4. The van der Waals surface area contributed by atoms with E-state index in [1.165, 1.54) is 25.7 Å². The Morgan fingerprint density at radius 3 is 2.50 bits per heavy atom. The van der Waals surface area contributed by atoms with Crippen LogP contribution in [0.5, 0.6) is 0 Å². The number of carbonyl (C=O) groups excluding carboxylic acids is 2. The van der Waals surface area contributed by atoms with Gasteiger partial charge in [0.2, 0.25) is 0 Å². The lowest BCUT2D eigenvalue weighted by Gasteiger charge is -2.45. The summed E-state index contributed by atoms with van der Waals surface area (Å²) in [5.41, 5.74) is -0.422. The lowest BCUT2D eigenvalue weighted by molar-refractivity contribution is -0.162. The summed E-state index contributed by atoms with van der Waals surface area (Å²) in [5.74, 6) is 2.26. The average molecular weight is 308 g/mol. The van der Waals surface area contributed by atoms with Crippen LogP contribution < -0.4 is 0 Å². The Labute approximate surface area is 135 Å². The van der Waals surface area contributed by atoms with Gasteiger partial charge in [-0.3, -0.25) is 4.79 Å². The first-order valence-electron chi connectivity index (χ1n) is 8.98. The summed E-state index contributed by atoms with van der Waals surface area (Å²) in [5, 5.41) is 0. The summed E-state index contributed by atoms with van der Waals surface area (Å²) < 4.78 is 5.57. The van der Waals surface area contributed by atoms with Crippen LogP contribution in [-0.4, -0.2) is 17.9 Å². The number of esters is 1. The normalized spacial score (nSPS) is 33.6. The van der Waals surface area contributed by atoms with Gasteiger partial charge in [0, 0.05) is 6.42 Å². The van der Waals surface area contributed by atoms with Crippen LogP contribution in [0.25, 0.3) is 0 Å². The lowest BCUT2D eigenvalue weighted by Crippen LogP contribution is -2.38. The topological polar surface area (TPSA) is 43.4 Å². The van der Waals surface area contributed by atoms with Gasteiger partial charge in [0.25, 0.3) is 0 Å². The van der Waals surface area contributed by atoms with Crippen molar-refractivity contribution in [1.29, 1.82) is 0 Å². The summed E-state index contributed by atoms with van der Waals surface area (Å²) in [6.45, 7) is 7.77. The molecular formula is C19H32O3. The van der Waals surface area contributed by atoms with Crippen molar-refractivity contribution in [1.82, 2.24) is 0 Å². The van der Waals surface area contributed by atoms with Gasteiger partial charge in [-0.1, -0.05) is 19.8 Å². The molecule has 5 atom stereocenters. The highest BCUT2D eigenvalue weighted by Gasteiger charge is 2.40. The minimum Gasteiger partial charge on any atom is -0.460 e. The van der Waals surface area contributed by atoms with Gasteiger partial charge in [0.15, 0.2) is 0 Å². The molecule has 2 aliphatic rings. The van der Waals surface area contributed by atoms with E-state index in [0.29, 0.717) is 18.3 Å². The summed E-state index contributed by atoms with van der Waals surface area (Å²) in [6.07, 6.45) is 8.96. The van der Waals surface area contributed by atoms with E-state index in [1.807, 2.05) is 27.7 Å². The molecule has 0 radical (unpaired) electrons. The van der Waals surface area contributed by atoms with E-state index in [0.717, 1.165) is 31.0 Å². The Morgan fingerprint density at radius 2 is 1.95 bits per heavy atom. The number of hydrogen-bond acceptors (Lipinski definition) is 3. The first kappa shape index (κ1) is 17.5. The predicted molar refractivity (Wildman–Crippen MR) is 87.4 cm³/mol. The number of ether oxygens (including phenoxy) is 1. The van der Waals surface area contributed by atoms with Crippen molar-refractivity contribution >= 4 is 12.3 Å². The van der Waals surface area contributed by atoms with Crippen molar-refractivity contribution in [3.8, 4) is 0 Å². The quantitative estimate of drug-likeness (QED) is 0.571. The van der Waals surface area contributed by atoms with Gasteiger partial charge >= 0.3 is 5.97 Å². The number of carbonyl (C=O) groups is 2. The molecule has 2 fully saturated rings. The number of aldehydes is 1. The minimum atomic E-state index is -0.422. The maximum atomic E-state index is 12.4. The fourth-order valence-corrected chi connectivity index (χ4v) is 4.33. The number of fused-ring (bicyclic) bond motifs is 1. The van der Waals surface area contributed by atoms with Crippen molar-refractivity contribution in [2.45, 2.75) is 78.2 Å². The largest absolute Gasteiger partial charge is 0.460 e. The summed E-state index contributed by atoms with van der Waals surface area (Å²) >= 11 is 0. The molecule has 0 spiro atoms. The Kier molecular flexibility index (Phi) is 5.68. The highest BCUT2D eigenvalue weighted by atomic mass is 16.6. The van der Waals surface area contributed by atoms with Crippen LogP contribution in [0.3, 0.4) is 0 Å². The van der Waals surface area contributed by atoms with Gasteiger partial charge in [0.05, 0.1) is 5.92 Å². The third-order valence-corrected chi connectivity index (χ3v) is 5.72. The van der Waals surface area contributed by atoms with Crippen molar-refractivity contribution in [3.05, 3.63) is 0 Å². The first-order chi connectivity index (χ1) is 10.3. The van der Waals surface area contributed by atoms with Gasteiger partial charge < -0.3 is 9.53 Å². The van der Waals surface area contributed by atoms with Crippen LogP contribution in [0, 0.1) is 29.6 Å². The second-order valence-corrected chi connectivity index (χ2v) is 8.41. The molecule has 2 rings (SSSR count). The van der Waals surface area contributed by atoms with Gasteiger partial charge in [-0.2, -0.15) is 0 Å². The highest BCUT2D eigenvalue weighted by molar-refractivity contribution is 5.72. The first-order valence-corrected chi connectivity index (χ1v) is 8.98. The van der Waals surface area contributed by atoms with Crippen LogP contribution in [0.2, 0.25) is 0 Å². The fourth-order valence-electron chi connectivity index (χ4n) is 4.33. The summed E-state index contributed by atoms with van der Waals surface area (Å²) in [6, 6.07) is 0. The third-order valence-electron chi connectivity index (χ3n) is 5.72. The van der Waals surface area contributed by atoms with E-state index in [4.69, 9.17) is 4.74 Å². The van der Waals surface area contributed by atoms with Crippen molar-refractivity contribution in [2.24, 2.45) is 29.6 Å². The molecule has 0 aromatic carbocycles. The van der Waals surface area contributed by atoms with Crippen LogP contribution in [0.15, 0.2) is 0 Å². The molecule has 126 valence electrons. The molecule has 0 N–H and O–H groups in total. The molecule has 2 aliphatic carbocycles. The standard InChI is InChI=1S/C19H32O3/c1-13(18(21)22-19(2,3)4)15-7-5-6-14-8-9-17(14)16(12-15)10-11-20/h11,13-17H,5-10,12H2,1-4H3. The molecule has 0 aliphatic heterocycles. The molecule has 2 saturated carbocycles. The molecule has 0 aromatic heterocycles. The lowest BCUT2D eigenvalue weighted by atomic mass is 9.60. The van der Waals surface area contributed by atoms with Gasteiger partial charge in [-0.25, -0.2) is 0 Å². The smallest absolute Gasteiger partial charge is 0.309 e. The van der Waals surface area contributed by atoms with Gasteiger partial charge in [0.1, 0.15) is 11.9 Å². The van der Waals surface area contributed by atoms with Crippen LogP contribution >= 0.6 is 0 Å². The molecule has 0 bridgehead atoms. The molecule has 0 aromatic rings. The van der Waals surface area contributed by atoms with Crippen LogP contribution in [0.4, 0.5) is 0 Å². The monoisotopic (exact) mass is 308 g/mol. The van der Waals surface area contributed by atoms with Crippen molar-refractivity contribution in [2.75, 3.05) is 0 Å². The van der Waals surface area contributed by atoms with E-state index in [9.17, 15) is 9.59 Å². The zero-order chi connectivity index (χ0) is 16.3. The van der Waals surface area contributed by atoms with Gasteiger partial charge in [-0.05, 0) is 70.1 Å². The van der Waals surface area contributed by atoms with E-state index in [-0.39, 0.29) is 11.9 Å². The zero-order valence-electron chi connectivity index (χ0n) is 14.6. The summed E-state index contributed by atoms with van der Waals surface area (Å²) in [4.78, 5) is 23.4. The molecule has 3 nitrogen and oxygen atoms in total. The third kappa shape index (κ3) is 4.33. The Bertz CT molecular complexity index is 396. The predicted octanol–water partition coefficient (Wildman–Crippen LogP) is 4.39. The van der Waals surface area contributed by atoms with E-state index in [2.05, 4.69) is 0 Å². The Balaban J connectivity index is 2.01. The average Bonchev–Trinajstić information content (AvgIpc) is 2.36. The maximum Gasteiger partial charge on any atom is 0.309 e. The van der Waals surface area contributed by atoms with E-state index >= 15 is 0 Å². The fraction of sp³-hybridized carbons (Fsp3) is 0.895.